The molecule has 8 heteroatoms. The summed E-state index contributed by atoms with van der Waals surface area (Å²) in [5, 5.41) is 0. The molecule has 6 rings (SSSR count). The van der Waals surface area contributed by atoms with Gasteiger partial charge in [-0.2, -0.15) is 35.9 Å². The molecular weight excluding hydrogens is 1180 g/mol. The molecule has 0 bridgehead atoms. The Labute approximate surface area is 360 Å². The summed E-state index contributed by atoms with van der Waals surface area (Å²) < 4.78 is 0. The van der Waals surface area contributed by atoms with Crippen LogP contribution in [0.1, 0.15) is 83.6 Å². The number of hydrazine groups is 1. The van der Waals surface area contributed by atoms with E-state index >= 15 is 0 Å². The summed E-state index contributed by atoms with van der Waals surface area (Å²) in [4.78, 5) is 12.4. The van der Waals surface area contributed by atoms with E-state index in [1.165, 1.54) is 16.8 Å². The molecule has 3 radical (unpaired) electrons. The minimum Gasteiger partial charge on any atom is -0.358 e. The van der Waals surface area contributed by atoms with Crippen LogP contribution in [0.3, 0.4) is 0 Å². The average molecular weight is 1240 g/mol. The maximum Gasteiger partial charge on any atom is 0.0533 e. The van der Waals surface area contributed by atoms with Crippen LogP contribution in [-0.4, -0.2) is 15.0 Å². The van der Waals surface area contributed by atoms with E-state index in [1.54, 1.807) is 12.4 Å². The normalized spacial score (nSPS) is 8.92. The van der Waals surface area contributed by atoms with Gasteiger partial charge in [-0.15, -0.1) is 26.0 Å². The fourth-order valence-electron chi connectivity index (χ4n) is 3.49. The van der Waals surface area contributed by atoms with Gasteiger partial charge in [0.05, 0.1) is 5.69 Å². The molecule has 4 heterocycles. The van der Waals surface area contributed by atoms with Crippen molar-refractivity contribution in [2.45, 2.75) is 68.4 Å². The van der Waals surface area contributed by atoms with Crippen molar-refractivity contribution in [3.05, 3.63) is 190 Å². The molecule has 0 spiro atoms. The standard InChI is InChI=1S/C12H10N.2C8H8N.C7H8N2.3C2H6.3CH3.3Ir/c1-2-6-11(7-3-1)10-12-8-4-5-9-13-12;2*1-2-5-8-6-3-4-7-9-8;1-2-4-7-6(3-1)5-8-9-7;3*1-2;;;;;;/h1-6,8-9H,10H2;2*3-7H,1H3;1-4,8-9H,5H2;3*1-2H3;3*1H3;;;/q3*-1;;;;;3*-1;;;. The minimum absolute atomic E-state index is 0. The molecule has 295 valence electrons. The van der Waals surface area contributed by atoms with Gasteiger partial charge in [0.15, 0.2) is 0 Å². The quantitative estimate of drug-likeness (QED) is 0.176. The number of anilines is 1. The molecule has 3 aromatic heterocycles. The van der Waals surface area contributed by atoms with Crippen molar-refractivity contribution in [1.82, 2.24) is 20.4 Å². The fourth-order valence-corrected chi connectivity index (χ4v) is 3.49. The van der Waals surface area contributed by atoms with Crippen LogP contribution in [0.2, 0.25) is 0 Å². The SMILES string of the molecule is CC.CC.CC.C[C-]=Cc1ccccn1.C[C-]=Cc1ccccn1.[CH3-].[CH3-].[CH3-].[Ir].[Ir].[Ir].[c-]1ccccc1Cc1ccccn1.c1ccc2c(c1)CNN2. The van der Waals surface area contributed by atoms with Gasteiger partial charge in [0.1, 0.15) is 0 Å². The topological polar surface area (TPSA) is 62.7 Å². The van der Waals surface area contributed by atoms with Crippen molar-refractivity contribution in [2.24, 2.45) is 0 Å². The Morgan fingerprint density at radius 3 is 1.46 bits per heavy atom. The summed E-state index contributed by atoms with van der Waals surface area (Å²) >= 11 is 0. The third-order valence-electron chi connectivity index (χ3n) is 5.35. The molecule has 0 aliphatic carbocycles. The van der Waals surface area contributed by atoms with Crippen molar-refractivity contribution < 1.29 is 60.3 Å². The smallest absolute Gasteiger partial charge is 0.0533 e. The number of para-hydroxylation sites is 1. The van der Waals surface area contributed by atoms with Crippen molar-refractivity contribution in [3.63, 3.8) is 0 Å². The Kier molecular flexibility index (Phi) is 59.2. The fraction of sp³-hybridized carbons (Fsp3) is 0.227. The van der Waals surface area contributed by atoms with Gasteiger partial charge in [0.25, 0.3) is 0 Å². The number of nitrogens with one attached hydrogen (secondary N) is 2. The second-order valence-corrected chi connectivity index (χ2v) is 8.40. The number of hydrogen-bond acceptors (Lipinski definition) is 5. The first kappa shape index (κ1) is 64.1. The maximum absolute atomic E-state index is 4.25. The van der Waals surface area contributed by atoms with Crippen molar-refractivity contribution >= 4 is 17.8 Å². The first-order chi connectivity index (χ1) is 22.8. The molecule has 0 saturated heterocycles. The Bertz CT molecular complexity index is 1300. The van der Waals surface area contributed by atoms with Crippen LogP contribution in [0.4, 0.5) is 5.69 Å². The summed E-state index contributed by atoms with van der Waals surface area (Å²) in [5.41, 5.74) is 12.8. The Balaban J connectivity index is -0.0000000963. The molecular formula is C44H61Ir3N5-6. The molecule has 2 aromatic carbocycles. The van der Waals surface area contributed by atoms with Crippen LogP contribution in [0.25, 0.3) is 12.2 Å². The zero-order chi connectivity index (χ0) is 34.1. The molecule has 0 atom stereocenters. The van der Waals surface area contributed by atoms with Gasteiger partial charge in [-0.25, -0.2) is 17.6 Å². The number of rotatable bonds is 4. The van der Waals surface area contributed by atoms with Gasteiger partial charge < -0.3 is 37.7 Å². The van der Waals surface area contributed by atoms with Crippen LogP contribution in [-0.2, 0) is 73.3 Å². The van der Waals surface area contributed by atoms with Crippen LogP contribution in [0.5, 0.6) is 0 Å². The second kappa shape index (κ2) is 48.1. The van der Waals surface area contributed by atoms with Gasteiger partial charge in [0, 0.05) is 91.1 Å². The molecule has 5 aromatic rings. The predicted octanol–water partition coefficient (Wildman–Crippen LogP) is 11.8. The zero-order valence-corrected chi connectivity index (χ0v) is 40.1. The number of allylic oxidation sites excluding steroid dienone is 2. The molecule has 0 fully saturated rings. The molecule has 2 N–H and O–H groups in total. The third-order valence-corrected chi connectivity index (χ3v) is 5.35. The van der Waals surface area contributed by atoms with Crippen LogP contribution >= 0.6 is 0 Å². The Hall–Kier alpha value is -2.92. The largest absolute Gasteiger partial charge is 0.358 e. The van der Waals surface area contributed by atoms with Gasteiger partial charge in [-0.05, 0) is 42.3 Å². The number of hydrogen-bond donors (Lipinski definition) is 2. The van der Waals surface area contributed by atoms with Gasteiger partial charge >= 0.3 is 0 Å². The summed E-state index contributed by atoms with van der Waals surface area (Å²) in [6.45, 7) is 16.7. The second-order valence-electron chi connectivity index (χ2n) is 8.40. The van der Waals surface area contributed by atoms with Crippen LogP contribution in [0.15, 0.2) is 122 Å². The number of aromatic nitrogens is 3. The average Bonchev–Trinajstić information content (AvgIpc) is 3.63. The maximum atomic E-state index is 4.25. The molecule has 1 aliphatic rings. The third kappa shape index (κ3) is 31.8. The van der Waals surface area contributed by atoms with E-state index in [1.807, 2.05) is 159 Å². The van der Waals surface area contributed by atoms with Crippen LogP contribution < -0.4 is 10.9 Å². The van der Waals surface area contributed by atoms with E-state index < -0.39 is 0 Å². The Morgan fingerprint density at radius 1 is 0.596 bits per heavy atom. The van der Waals surface area contributed by atoms with E-state index in [4.69, 9.17) is 0 Å². The number of nitrogens with zero attached hydrogens (tertiary/aromatic N) is 3. The number of pyridine rings is 3. The molecule has 1 aliphatic heterocycles. The van der Waals surface area contributed by atoms with Gasteiger partial charge in [0.2, 0.25) is 0 Å². The minimum atomic E-state index is 0. The van der Waals surface area contributed by atoms with E-state index in [0.717, 1.165) is 30.0 Å². The predicted molar refractivity (Wildman–Crippen MR) is 218 cm³/mol. The summed E-state index contributed by atoms with van der Waals surface area (Å²) in [6, 6.07) is 37.0. The van der Waals surface area contributed by atoms with Gasteiger partial charge in [-0.1, -0.05) is 89.3 Å². The van der Waals surface area contributed by atoms with E-state index in [2.05, 4.69) is 62.2 Å². The van der Waals surface area contributed by atoms with E-state index in [-0.39, 0.29) is 82.6 Å². The first-order valence-corrected chi connectivity index (χ1v) is 16.0. The van der Waals surface area contributed by atoms with Gasteiger partial charge in [-0.3, -0.25) is 17.1 Å². The van der Waals surface area contributed by atoms with Crippen molar-refractivity contribution in [2.75, 3.05) is 5.43 Å². The molecule has 0 saturated carbocycles. The van der Waals surface area contributed by atoms with Crippen LogP contribution in [0, 0.1) is 40.5 Å². The molecule has 5 nitrogen and oxygen atoms in total. The first-order valence-electron chi connectivity index (χ1n) is 16.0. The Morgan fingerprint density at radius 2 is 1.06 bits per heavy atom. The summed E-state index contributed by atoms with van der Waals surface area (Å²) in [5.74, 6) is 0. The number of fused-ring (bicyclic) bond motifs is 1. The molecule has 52 heavy (non-hydrogen) atoms. The number of benzene rings is 2. The summed E-state index contributed by atoms with van der Waals surface area (Å²) in [6.07, 6.45) is 15.7. The molecule has 0 amide bonds. The summed E-state index contributed by atoms with van der Waals surface area (Å²) in [7, 11) is 0. The van der Waals surface area contributed by atoms with Crippen molar-refractivity contribution in [1.29, 1.82) is 0 Å². The molecule has 0 unspecified atom stereocenters. The van der Waals surface area contributed by atoms with E-state index in [0.29, 0.717) is 0 Å². The monoisotopic (exact) mass is 1240 g/mol. The zero-order valence-electron chi connectivity index (χ0n) is 33.0. The van der Waals surface area contributed by atoms with E-state index in [9.17, 15) is 0 Å². The van der Waals surface area contributed by atoms with Crippen molar-refractivity contribution in [3.8, 4) is 0 Å².